The van der Waals surface area contributed by atoms with Crippen molar-refractivity contribution < 1.29 is 18.8 Å². The maximum atomic E-state index is 13.4. The second-order valence-corrected chi connectivity index (χ2v) is 8.83. The number of halogens is 1. The van der Waals surface area contributed by atoms with E-state index in [0.717, 1.165) is 17.4 Å². The van der Waals surface area contributed by atoms with Crippen molar-refractivity contribution in [2.75, 3.05) is 16.0 Å². The van der Waals surface area contributed by atoms with E-state index < -0.39 is 17.8 Å². The summed E-state index contributed by atoms with van der Waals surface area (Å²) in [5.41, 5.74) is 1.89. The van der Waals surface area contributed by atoms with Gasteiger partial charge in [0.15, 0.2) is 0 Å². The highest BCUT2D eigenvalue weighted by atomic mass is 32.1. The molecule has 2 aromatic heterocycles. The number of carbonyl (C=O) groups is 3. The Morgan fingerprint density at radius 3 is 2.40 bits per heavy atom. The Hall–Kier alpha value is -4.31. The smallest absolute Gasteiger partial charge is 0.266 e. The molecule has 0 radical (unpaired) electrons. The second-order valence-electron chi connectivity index (χ2n) is 7.77. The highest BCUT2D eigenvalue weighted by Crippen LogP contribution is 2.28. The third-order valence-electron chi connectivity index (χ3n) is 5.14. The van der Waals surface area contributed by atoms with Crippen LogP contribution in [0.25, 0.3) is 0 Å². The average molecular weight is 492 g/mol. The largest absolute Gasteiger partial charge is 0.324 e. The summed E-state index contributed by atoms with van der Waals surface area (Å²) in [7, 11) is 0. The molecule has 2 heterocycles. The Morgan fingerprint density at radius 2 is 1.69 bits per heavy atom. The summed E-state index contributed by atoms with van der Waals surface area (Å²) in [6.45, 7) is 3.49. The minimum Gasteiger partial charge on any atom is -0.324 e. The van der Waals surface area contributed by atoms with E-state index in [0.29, 0.717) is 26.8 Å². The molecule has 0 aliphatic heterocycles. The predicted octanol–water partition coefficient (Wildman–Crippen LogP) is 5.10. The van der Waals surface area contributed by atoms with Crippen LogP contribution in [0, 0.1) is 12.7 Å². The zero-order chi connectivity index (χ0) is 24.9. The summed E-state index contributed by atoms with van der Waals surface area (Å²) in [5, 5.41) is 12.9. The van der Waals surface area contributed by atoms with Crippen LogP contribution in [0.3, 0.4) is 0 Å². The first-order valence-electron chi connectivity index (χ1n) is 10.7. The van der Waals surface area contributed by atoms with E-state index in [1.807, 2.05) is 0 Å². The third kappa shape index (κ3) is 5.79. The van der Waals surface area contributed by atoms with E-state index >= 15 is 0 Å². The van der Waals surface area contributed by atoms with Crippen molar-refractivity contribution >= 4 is 45.4 Å². The fraction of sp³-hybridized carbons (Fsp3) is 0.120. The van der Waals surface area contributed by atoms with Crippen LogP contribution in [0.5, 0.6) is 0 Å². The van der Waals surface area contributed by atoms with Gasteiger partial charge in [-0.2, -0.15) is 5.10 Å². The van der Waals surface area contributed by atoms with Gasteiger partial charge in [-0.3, -0.25) is 19.1 Å². The SMILES string of the molecule is Cc1cc(NC(=O)c2cccc(F)c2)sc1C(=O)Nc1cccc(NC(=O)C(C)n2cccn2)c1. The molecule has 2 aromatic carbocycles. The van der Waals surface area contributed by atoms with E-state index in [2.05, 4.69) is 21.0 Å². The molecule has 0 spiro atoms. The van der Waals surface area contributed by atoms with Gasteiger partial charge in [0.05, 0.1) is 9.88 Å². The molecule has 1 atom stereocenters. The number of nitrogens with one attached hydrogen (secondary N) is 3. The molecule has 0 aliphatic rings. The average Bonchev–Trinajstić information content (AvgIpc) is 3.49. The molecule has 0 fully saturated rings. The lowest BCUT2D eigenvalue weighted by Crippen LogP contribution is -2.24. The van der Waals surface area contributed by atoms with Crippen molar-refractivity contribution in [1.82, 2.24) is 9.78 Å². The molecule has 1 unspecified atom stereocenters. The van der Waals surface area contributed by atoms with Gasteiger partial charge >= 0.3 is 0 Å². The van der Waals surface area contributed by atoms with E-state index in [1.165, 1.54) is 18.2 Å². The fourth-order valence-corrected chi connectivity index (χ4v) is 4.29. The van der Waals surface area contributed by atoms with Crippen LogP contribution < -0.4 is 16.0 Å². The highest BCUT2D eigenvalue weighted by Gasteiger charge is 2.18. The number of aromatic nitrogens is 2. The first kappa shape index (κ1) is 23.8. The Bertz CT molecular complexity index is 1380. The number of hydrogen-bond donors (Lipinski definition) is 3. The number of rotatable bonds is 7. The molecule has 178 valence electrons. The van der Waals surface area contributed by atoms with Crippen molar-refractivity contribution in [3.63, 3.8) is 0 Å². The highest BCUT2D eigenvalue weighted by molar-refractivity contribution is 7.18. The van der Waals surface area contributed by atoms with Crippen LogP contribution in [0.15, 0.2) is 73.1 Å². The second kappa shape index (κ2) is 10.3. The summed E-state index contributed by atoms with van der Waals surface area (Å²) in [6.07, 6.45) is 3.31. The lowest BCUT2D eigenvalue weighted by molar-refractivity contribution is -0.119. The number of nitrogens with zero attached hydrogens (tertiary/aromatic N) is 2. The summed E-state index contributed by atoms with van der Waals surface area (Å²) >= 11 is 1.11. The summed E-state index contributed by atoms with van der Waals surface area (Å²) in [4.78, 5) is 38.2. The van der Waals surface area contributed by atoms with Crippen LogP contribution in [-0.4, -0.2) is 27.5 Å². The number of amides is 3. The van der Waals surface area contributed by atoms with Crippen molar-refractivity contribution in [2.45, 2.75) is 19.9 Å². The monoisotopic (exact) mass is 491 g/mol. The van der Waals surface area contributed by atoms with Gasteiger partial charge in [-0.15, -0.1) is 11.3 Å². The molecule has 3 N–H and O–H groups in total. The fourth-order valence-electron chi connectivity index (χ4n) is 3.32. The van der Waals surface area contributed by atoms with E-state index in [4.69, 9.17) is 0 Å². The minimum atomic E-state index is -0.505. The number of aryl methyl sites for hydroxylation is 1. The third-order valence-corrected chi connectivity index (χ3v) is 6.29. The van der Waals surface area contributed by atoms with Gasteiger partial charge in [-0.05, 0) is 67.9 Å². The van der Waals surface area contributed by atoms with E-state index in [1.54, 1.807) is 67.3 Å². The van der Waals surface area contributed by atoms with Crippen molar-refractivity contribution in [2.24, 2.45) is 0 Å². The first-order valence-corrected chi connectivity index (χ1v) is 11.5. The van der Waals surface area contributed by atoms with Crippen molar-refractivity contribution in [1.29, 1.82) is 0 Å². The summed E-state index contributed by atoms with van der Waals surface area (Å²) in [6, 6.07) is 15.1. The molecule has 0 saturated heterocycles. The maximum Gasteiger partial charge on any atom is 0.266 e. The minimum absolute atomic E-state index is 0.183. The molecule has 4 rings (SSSR count). The van der Waals surface area contributed by atoms with Crippen LogP contribution in [-0.2, 0) is 4.79 Å². The number of carbonyl (C=O) groups excluding carboxylic acids is 3. The quantitative estimate of drug-likeness (QED) is 0.335. The Labute approximate surface area is 204 Å². The first-order chi connectivity index (χ1) is 16.8. The lowest BCUT2D eigenvalue weighted by atomic mass is 10.2. The maximum absolute atomic E-state index is 13.4. The van der Waals surface area contributed by atoms with Gasteiger partial charge in [0, 0.05) is 29.3 Å². The van der Waals surface area contributed by atoms with Crippen LogP contribution in [0.1, 0.15) is 38.6 Å². The Morgan fingerprint density at radius 1 is 0.943 bits per heavy atom. The standard InChI is InChI=1S/C25H22FN5O3S/c1-15-12-21(30-24(33)17-6-3-7-18(26)13-17)35-22(15)25(34)29-20-9-4-8-19(14-20)28-23(32)16(2)31-11-5-10-27-31/h3-14,16H,1-2H3,(H,28,32)(H,29,34)(H,30,33). The van der Waals surface area contributed by atoms with Gasteiger partial charge in [0.2, 0.25) is 5.91 Å². The zero-order valence-electron chi connectivity index (χ0n) is 18.9. The van der Waals surface area contributed by atoms with Gasteiger partial charge in [0.25, 0.3) is 11.8 Å². The Balaban J connectivity index is 1.41. The summed E-state index contributed by atoms with van der Waals surface area (Å²) < 4.78 is 14.9. The molecule has 4 aromatic rings. The molecular weight excluding hydrogens is 469 g/mol. The molecule has 8 nitrogen and oxygen atoms in total. The van der Waals surface area contributed by atoms with Gasteiger partial charge < -0.3 is 16.0 Å². The van der Waals surface area contributed by atoms with Crippen LogP contribution >= 0.6 is 11.3 Å². The normalized spacial score (nSPS) is 11.5. The number of hydrogen-bond acceptors (Lipinski definition) is 5. The van der Waals surface area contributed by atoms with Gasteiger partial charge in [0.1, 0.15) is 11.9 Å². The molecule has 35 heavy (non-hydrogen) atoms. The number of benzene rings is 2. The zero-order valence-corrected chi connectivity index (χ0v) is 19.7. The molecule has 0 bridgehead atoms. The van der Waals surface area contributed by atoms with Crippen molar-refractivity contribution in [3.8, 4) is 0 Å². The topological polar surface area (TPSA) is 105 Å². The van der Waals surface area contributed by atoms with Crippen LogP contribution in [0.4, 0.5) is 20.8 Å². The molecule has 3 amide bonds. The molecular formula is C25H22FN5O3S. The van der Waals surface area contributed by atoms with Crippen molar-refractivity contribution in [3.05, 3.63) is 94.9 Å². The number of anilines is 3. The van der Waals surface area contributed by atoms with Crippen LogP contribution in [0.2, 0.25) is 0 Å². The number of thiophene rings is 1. The lowest BCUT2D eigenvalue weighted by Gasteiger charge is -2.13. The molecule has 10 heteroatoms. The molecule has 0 saturated carbocycles. The summed E-state index contributed by atoms with van der Waals surface area (Å²) in [5.74, 6) is -1.57. The van der Waals surface area contributed by atoms with E-state index in [-0.39, 0.29) is 17.4 Å². The van der Waals surface area contributed by atoms with Gasteiger partial charge in [-0.25, -0.2) is 4.39 Å². The van der Waals surface area contributed by atoms with E-state index in [9.17, 15) is 18.8 Å². The van der Waals surface area contributed by atoms with Gasteiger partial charge in [-0.1, -0.05) is 12.1 Å². The molecule has 0 aliphatic carbocycles. The Kier molecular flexibility index (Phi) is 7.02. The predicted molar refractivity (Wildman–Crippen MR) is 133 cm³/mol.